The quantitative estimate of drug-likeness (QED) is 0.721. The number of anilines is 1. The van der Waals surface area contributed by atoms with Crippen molar-refractivity contribution in [2.24, 2.45) is 0 Å². The molecule has 0 saturated heterocycles. The van der Waals surface area contributed by atoms with Crippen LogP contribution in [0.2, 0.25) is 5.02 Å². The predicted octanol–water partition coefficient (Wildman–Crippen LogP) is 2.42. The highest BCUT2D eigenvalue weighted by Crippen LogP contribution is 2.20. The molecule has 106 valence electrons. The van der Waals surface area contributed by atoms with Crippen LogP contribution in [0, 0.1) is 0 Å². The Kier molecular flexibility index (Phi) is 6.28. The van der Waals surface area contributed by atoms with Crippen LogP contribution in [0.1, 0.15) is 26.7 Å². The van der Waals surface area contributed by atoms with E-state index in [2.05, 4.69) is 10.6 Å². The maximum atomic E-state index is 11.8. The summed E-state index contributed by atoms with van der Waals surface area (Å²) in [5.74, 6) is -0.173. The van der Waals surface area contributed by atoms with Gasteiger partial charge in [-0.25, -0.2) is 0 Å². The van der Waals surface area contributed by atoms with Crippen LogP contribution in [-0.2, 0) is 4.79 Å². The second kappa shape index (κ2) is 7.48. The average Bonchev–Trinajstić information content (AvgIpc) is 2.44. The van der Waals surface area contributed by atoms with Crippen molar-refractivity contribution >= 4 is 23.2 Å². The summed E-state index contributed by atoms with van der Waals surface area (Å²) in [6.45, 7) is 4.13. The maximum Gasteiger partial charge on any atom is 0.238 e. The van der Waals surface area contributed by atoms with E-state index in [-0.39, 0.29) is 19.1 Å². The number of amides is 1. The minimum Gasteiger partial charge on any atom is -0.394 e. The summed E-state index contributed by atoms with van der Waals surface area (Å²) in [5.41, 5.74) is 0.205. The van der Waals surface area contributed by atoms with Crippen LogP contribution in [0.4, 0.5) is 5.69 Å². The van der Waals surface area contributed by atoms with E-state index < -0.39 is 5.54 Å². The fourth-order valence-corrected chi connectivity index (χ4v) is 1.99. The van der Waals surface area contributed by atoms with Crippen LogP contribution in [0.5, 0.6) is 0 Å². The Labute approximate surface area is 119 Å². The number of hydrogen-bond acceptors (Lipinski definition) is 3. The third-order valence-electron chi connectivity index (χ3n) is 3.43. The molecule has 0 radical (unpaired) electrons. The molecule has 0 fully saturated rings. The van der Waals surface area contributed by atoms with Gasteiger partial charge in [-0.05, 0) is 25.0 Å². The van der Waals surface area contributed by atoms with Gasteiger partial charge in [0.15, 0.2) is 0 Å². The van der Waals surface area contributed by atoms with Gasteiger partial charge in [-0.15, -0.1) is 0 Å². The Bertz CT molecular complexity index is 411. The molecule has 0 aliphatic carbocycles. The van der Waals surface area contributed by atoms with Gasteiger partial charge < -0.3 is 15.7 Å². The van der Waals surface area contributed by atoms with E-state index in [0.717, 1.165) is 12.8 Å². The molecule has 0 spiro atoms. The van der Waals surface area contributed by atoms with Crippen LogP contribution in [0.3, 0.4) is 0 Å². The summed E-state index contributed by atoms with van der Waals surface area (Å²) in [5, 5.41) is 15.8. The molecule has 0 heterocycles. The van der Waals surface area contributed by atoms with Crippen molar-refractivity contribution in [3.05, 3.63) is 29.3 Å². The first kappa shape index (κ1) is 16.0. The van der Waals surface area contributed by atoms with E-state index in [4.69, 9.17) is 11.6 Å². The average molecular weight is 285 g/mol. The van der Waals surface area contributed by atoms with Crippen molar-refractivity contribution in [3.8, 4) is 0 Å². The number of para-hydroxylation sites is 1. The standard InChI is InChI=1S/C14H21ClN2O2/c1-3-14(4-2,10-18)16-9-13(19)17-12-8-6-5-7-11(12)15/h5-8,16,18H,3-4,9-10H2,1-2H3,(H,17,19). The summed E-state index contributed by atoms with van der Waals surface area (Å²) in [6, 6.07) is 7.09. The Morgan fingerprint density at radius 2 is 1.95 bits per heavy atom. The number of benzene rings is 1. The summed E-state index contributed by atoms with van der Waals surface area (Å²) in [4.78, 5) is 11.8. The zero-order chi connectivity index (χ0) is 14.3. The highest BCUT2D eigenvalue weighted by Gasteiger charge is 2.25. The molecule has 0 aromatic heterocycles. The fraction of sp³-hybridized carbons (Fsp3) is 0.500. The van der Waals surface area contributed by atoms with E-state index in [1.807, 2.05) is 19.9 Å². The van der Waals surface area contributed by atoms with Gasteiger partial charge in [-0.1, -0.05) is 37.6 Å². The Morgan fingerprint density at radius 1 is 1.32 bits per heavy atom. The van der Waals surface area contributed by atoms with Crippen molar-refractivity contribution in [1.29, 1.82) is 0 Å². The SMILES string of the molecule is CCC(CC)(CO)NCC(=O)Nc1ccccc1Cl. The number of carbonyl (C=O) groups excluding carboxylic acids is 1. The summed E-state index contributed by atoms with van der Waals surface area (Å²) in [6.07, 6.45) is 1.53. The molecule has 0 saturated carbocycles. The van der Waals surface area contributed by atoms with E-state index in [1.54, 1.807) is 18.2 Å². The van der Waals surface area contributed by atoms with E-state index in [1.165, 1.54) is 0 Å². The lowest BCUT2D eigenvalue weighted by Gasteiger charge is -2.30. The molecule has 0 aliphatic rings. The van der Waals surface area contributed by atoms with Crippen LogP contribution < -0.4 is 10.6 Å². The maximum absolute atomic E-state index is 11.8. The molecular formula is C14H21ClN2O2. The van der Waals surface area contributed by atoms with Crippen LogP contribution in [-0.4, -0.2) is 29.7 Å². The van der Waals surface area contributed by atoms with E-state index in [0.29, 0.717) is 10.7 Å². The minimum absolute atomic E-state index is 0.0133. The largest absolute Gasteiger partial charge is 0.394 e. The number of aliphatic hydroxyl groups excluding tert-OH is 1. The van der Waals surface area contributed by atoms with Crippen LogP contribution in [0.25, 0.3) is 0 Å². The second-order valence-electron chi connectivity index (χ2n) is 4.53. The lowest BCUT2D eigenvalue weighted by molar-refractivity contribution is -0.115. The summed E-state index contributed by atoms with van der Waals surface area (Å²) >= 11 is 5.97. The molecule has 1 aromatic rings. The lowest BCUT2D eigenvalue weighted by Crippen LogP contribution is -2.50. The Hall–Kier alpha value is -1.10. The highest BCUT2D eigenvalue weighted by molar-refractivity contribution is 6.33. The molecular weight excluding hydrogens is 264 g/mol. The molecule has 0 atom stereocenters. The van der Waals surface area contributed by atoms with Crippen LogP contribution in [0.15, 0.2) is 24.3 Å². The third-order valence-corrected chi connectivity index (χ3v) is 3.76. The van der Waals surface area contributed by atoms with E-state index in [9.17, 15) is 9.90 Å². The number of hydrogen-bond donors (Lipinski definition) is 3. The molecule has 19 heavy (non-hydrogen) atoms. The number of halogens is 1. The minimum atomic E-state index is -0.391. The first-order chi connectivity index (χ1) is 9.06. The zero-order valence-corrected chi connectivity index (χ0v) is 12.1. The van der Waals surface area contributed by atoms with E-state index >= 15 is 0 Å². The first-order valence-corrected chi connectivity index (χ1v) is 6.85. The summed E-state index contributed by atoms with van der Waals surface area (Å²) < 4.78 is 0. The molecule has 0 aliphatic heterocycles. The second-order valence-corrected chi connectivity index (χ2v) is 4.93. The molecule has 0 unspecified atom stereocenters. The lowest BCUT2D eigenvalue weighted by atomic mass is 9.94. The zero-order valence-electron chi connectivity index (χ0n) is 11.4. The van der Waals surface area contributed by atoms with Gasteiger partial charge in [0.25, 0.3) is 0 Å². The van der Waals surface area contributed by atoms with Crippen molar-refractivity contribution in [3.63, 3.8) is 0 Å². The molecule has 1 rings (SSSR count). The molecule has 0 bridgehead atoms. The smallest absolute Gasteiger partial charge is 0.238 e. The Balaban J connectivity index is 2.55. The van der Waals surface area contributed by atoms with Gasteiger partial charge in [0.05, 0.1) is 23.9 Å². The van der Waals surface area contributed by atoms with Gasteiger partial charge in [-0.2, -0.15) is 0 Å². The normalized spacial score (nSPS) is 11.4. The van der Waals surface area contributed by atoms with Gasteiger partial charge in [0.1, 0.15) is 0 Å². The highest BCUT2D eigenvalue weighted by atomic mass is 35.5. The van der Waals surface area contributed by atoms with Crippen molar-refractivity contribution in [2.75, 3.05) is 18.5 Å². The third kappa shape index (κ3) is 4.49. The molecule has 5 heteroatoms. The van der Waals surface area contributed by atoms with Crippen LogP contribution >= 0.6 is 11.6 Å². The fourth-order valence-electron chi connectivity index (χ4n) is 1.80. The van der Waals surface area contributed by atoms with Crippen molar-refractivity contribution in [1.82, 2.24) is 5.32 Å². The topological polar surface area (TPSA) is 61.4 Å². The molecule has 1 amide bonds. The molecule has 4 nitrogen and oxygen atoms in total. The summed E-state index contributed by atoms with van der Waals surface area (Å²) in [7, 11) is 0. The number of nitrogens with one attached hydrogen (secondary N) is 2. The molecule has 3 N–H and O–H groups in total. The first-order valence-electron chi connectivity index (χ1n) is 6.47. The van der Waals surface area contributed by atoms with Gasteiger partial charge in [0, 0.05) is 5.54 Å². The van der Waals surface area contributed by atoms with Crippen molar-refractivity contribution < 1.29 is 9.90 Å². The monoisotopic (exact) mass is 284 g/mol. The van der Waals surface area contributed by atoms with Crippen molar-refractivity contribution in [2.45, 2.75) is 32.2 Å². The number of aliphatic hydroxyl groups is 1. The van der Waals surface area contributed by atoms with Gasteiger partial charge >= 0.3 is 0 Å². The Morgan fingerprint density at radius 3 is 2.47 bits per heavy atom. The number of carbonyl (C=O) groups is 1. The molecule has 1 aromatic carbocycles. The predicted molar refractivity (Wildman–Crippen MR) is 78.5 cm³/mol. The number of rotatable bonds is 7. The van der Waals surface area contributed by atoms with Gasteiger partial charge in [-0.3, -0.25) is 4.79 Å². The van der Waals surface area contributed by atoms with Gasteiger partial charge in [0.2, 0.25) is 5.91 Å².